The Labute approximate surface area is 88.9 Å². The van der Waals surface area contributed by atoms with E-state index in [9.17, 15) is 0 Å². The van der Waals surface area contributed by atoms with Crippen LogP contribution >= 0.6 is 0 Å². The number of fused-ring (bicyclic) bond motifs is 1. The van der Waals surface area contributed by atoms with Gasteiger partial charge in [0.25, 0.3) is 0 Å². The quantitative estimate of drug-likeness (QED) is 0.620. The molecule has 1 nitrogen and oxygen atoms in total. The van der Waals surface area contributed by atoms with Crippen molar-refractivity contribution < 1.29 is 0 Å². The van der Waals surface area contributed by atoms with E-state index >= 15 is 0 Å². The minimum atomic E-state index is 0.650. The Morgan fingerprint density at radius 3 is 2.71 bits per heavy atom. The highest BCUT2D eigenvalue weighted by Crippen LogP contribution is 2.49. The molecule has 1 heterocycles. The molecule has 2 aliphatic rings. The van der Waals surface area contributed by atoms with E-state index in [0.717, 1.165) is 18.0 Å². The molecule has 1 heteroatoms. The summed E-state index contributed by atoms with van der Waals surface area (Å²) in [7, 11) is 0. The SMILES string of the molecule is CC(C)N1C[C@@]2(C)CCCC2C[C@H]1C. The van der Waals surface area contributed by atoms with Crippen LogP contribution in [0.15, 0.2) is 0 Å². The van der Waals surface area contributed by atoms with Gasteiger partial charge in [-0.3, -0.25) is 4.90 Å². The fourth-order valence-electron chi connectivity index (χ4n) is 3.73. The molecule has 0 aromatic rings. The van der Waals surface area contributed by atoms with Crippen molar-refractivity contribution in [3.05, 3.63) is 0 Å². The summed E-state index contributed by atoms with van der Waals surface area (Å²) in [6.45, 7) is 11.0. The lowest BCUT2D eigenvalue weighted by Gasteiger charge is -2.48. The van der Waals surface area contributed by atoms with Gasteiger partial charge >= 0.3 is 0 Å². The van der Waals surface area contributed by atoms with Gasteiger partial charge in [0, 0.05) is 18.6 Å². The Morgan fingerprint density at radius 1 is 1.36 bits per heavy atom. The monoisotopic (exact) mass is 195 g/mol. The molecule has 0 aromatic carbocycles. The maximum atomic E-state index is 2.71. The maximum absolute atomic E-state index is 2.71. The predicted molar refractivity (Wildman–Crippen MR) is 61.4 cm³/mol. The second kappa shape index (κ2) is 3.52. The Kier molecular flexibility index (Phi) is 2.63. The zero-order valence-corrected chi connectivity index (χ0v) is 10.2. The second-order valence-electron chi connectivity index (χ2n) is 6.09. The smallest absolute Gasteiger partial charge is 0.00727 e. The van der Waals surface area contributed by atoms with Crippen LogP contribution in [0, 0.1) is 11.3 Å². The summed E-state index contributed by atoms with van der Waals surface area (Å²) >= 11 is 0. The fraction of sp³-hybridized carbons (Fsp3) is 1.00. The highest BCUT2D eigenvalue weighted by atomic mass is 15.2. The van der Waals surface area contributed by atoms with Crippen LogP contribution in [0.1, 0.15) is 53.4 Å². The molecular formula is C13H25N. The molecule has 0 spiro atoms. The number of piperidine rings is 1. The van der Waals surface area contributed by atoms with E-state index < -0.39 is 0 Å². The molecule has 14 heavy (non-hydrogen) atoms. The molecule has 1 aliphatic carbocycles. The van der Waals surface area contributed by atoms with Crippen LogP contribution in [0.25, 0.3) is 0 Å². The van der Waals surface area contributed by atoms with Gasteiger partial charge in [-0.05, 0) is 51.4 Å². The van der Waals surface area contributed by atoms with Crippen molar-refractivity contribution in [3.63, 3.8) is 0 Å². The van der Waals surface area contributed by atoms with Gasteiger partial charge in [0.05, 0.1) is 0 Å². The molecule has 2 fully saturated rings. The van der Waals surface area contributed by atoms with E-state index in [2.05, 4.69) is 32.6 Å². The average molecular weight is 195 g/mol. The lowest BCUT2D eigenvalue weighted by Crippen LogP contribution is -2.52. The molecule has 0 aromatic heterocycles. The molecule has 1 saturated carbocycles. The van der Waals surface area contributed by atoms with Crippen molar-refractivity contribution in [2.45, 2.75) is 65.5 Å². The maximum Gasteiger partial charge on any atom is 0.00727 e. The molecule has 0 amide bonds. The number of likely N-dealkylation sites (tertiary alicyclic amines) is 1. The van der Waals surface area contributed by atoms with Crippen molar-refractivity contribution in [2.75, 3.05) is 6.54 Å². The van der Waals surface area contributed by atoms with Crippen LogP contribution in [0.3, 0.4) is 0 Å². The molecule has 0 N–H and O–H groups in total. The highest BCUT2D eigenvalue weighted by Gasteiger charge is 2.45. The van der Waals surface area contributed by atoms with Gasteiger partial charge in [-0.15, -0.1) is 0 Å². The zero-order valence-electron chi connectivity index (χ0n) is 10.2. The summed E-state index contributed by atoms with van der Waals surface area (Å²) in [6.07, 6.45) is 5.87. The molecule has 1 unspecified atom stereocenters. The Bertz CT molecular complexity index is 211. The summed E-state index contributed by atoms with van der Waals surface area (Å²) in [5.74, 6) is 1.02. The van der Waals surface area contributed by atoms with Gasteiger partial charge < -0.3 is 0 Å². The Morgan fingerprint density at radius 2 is 2.07 bits per heavy atom. The predicted octanol–water partition coefficient (Wildman–Crippen LogP) is 3.30. The van der Waals surface area contributed by atoms with Crippen molar-refractivity contribution in [3.8, 4) is 0 Å². The third-order valence-corrected chi connectivity index (χ3v) is 4.68. The fourth-order valence-corrected chi connectivity index (χ4v) is 3.73. The normalized spacial score (nSPS) is 44.4. The summed E-state index contributed by atoms with van der Waals surface area (Å²) in [5.41, 5.74) is 0.650. The van der Waals surface area contributed by atoms with Gasteiger partial charge in [0.15, 0.2) is 0 Å². The summed E-state index contributed by atoms with van der Waals surface area (Å²) in [5, 5.41) is 0. The first kappa shape index (κ1) is 10.5. The number of nitrogens with zero attached hydrogens (tertiary/aromatic N) is 1. The van der Waals surface area contributed by atoms with Gasteiger partial charge in [-0.1, -0.05) is 13.3 Å². The first-order valence-corrected chi connectivity index (χ1v) is 6.29. The molecule has 1 aliphatic heterocycles. The molecule has 1 saturated heterocycles. The van der Waals surface area contributed by atoms with Gasteiger partial charge in [0.1, 0.15) is 0 Å². The molecule has 82 valence electrons. The van der Waals surface area contributed by atoms with Crippen LogP contribution in [0.4, 0.5) is 0 Å². The zero-order chi connectivity index (χ0) is 10.3. The van der Waals surface area contributed by atoms with Crippen LogP contribution < -0.4 is 0 Å². The molecule has 3 atom stereocenters. The Hall–Kier alpha value is -0.0400. The minimum Gasteiger partial charge on any atom is -0.298 e. The molecule has 2 rings (SSSR count). The molecule has 0 radical (unpaired) electrons. The van der Waals surface area contributed by atoms with E-state index in [4.69, 9.17) is 0 Å². The lowest BCUT2D eigenvalue weighted by molar-refractivity contribution is 0.00573. The van der Waals surface area contributed by atoms with Gasteiger partial charge in [-0.25, -0.2) is 0 Å². The van der Waals surface area contributed by atoms with Gasteiger partial charge in [-0.2, -0.15) is 0 Å². The largest absolute Gasteiger partial charge is 0.298 e. The third-order valence-electron chi connectivity index (χ3n) is 4.68. The van der Waals surface area contributed by atoms with E-state index in [-0.39, 0.29) is 0 Å². The van der Waals surface area contributed by atoms with Gasteiger partial charge in [0.2, 0.25) is 0 Å². The summed E-state index contributed by atoms with van der Waals surface area (Å²) in [6, 6.07) is 1.54. The molecular weight excluding hydrogens is 170 g/mol. The van der Waals surface area contributed by atoms with Crippen LogP contribution in [0.5, 0.6) is 0 Å². The first-order valence-electron chi connectivity index (χ1n) is 6.29. The van der Waals surface area contributed by atoms with Crippen molar-refractivity contribution in [2.24, 2.45) is 11.3 Å². The van der Waals surface area contributed by atoms with Crippen LogP contribution in [-0.2, 0) is 0 Å². The number of rotatable bonds is 1. The van der Waals surface area contributed by atoms with E-state index in [1.807, 2.05) is 0 Å². The van der Waals surface area contributed by atoms with Crippen molar-refractivity contribution >= 4 is 0 Å². The Balaban J connectivity index is 2.12. The summed E-state index contributed by atoms with van der Waals surface area (Å²) in [4.78, 5) is 2.71. The standard InChI is InChI=1S/C13H25N/c1-10(2)14-9-13(4)7-5-6-12(13)8-11(14)3/h10-12H,5-9H2,1-4H3/t11-,12?,13-/m1/s1. The average Bonchev–Trinajstić information content (AvgIpc) is 2.45. The number of hydrogen-bond donors (Lipinski definition) is 0. The summed E-state index contributed by atoms with van der Waals surface area (Å²) < 4.78 is 0. The topological polar surface area (TPSA) is 3.24 Å². The molecule has 0 bridgehead atoms. The van der Waals surface area contributed by atoms with Crippen LogP contribution in [0.2, 0.25) is 0 Å². The van der Waals surface area contributed by atoms with E-state index in [1.165, 1.54) is 32.2 Å². The second-order valence-corrected chi connectivity index (χ2v) is 6.09. The van der Waals surface area contributed by atoms with Crippen LogP contribution in [-0.4, -0.2) is 23.5 Å². The first-order chi connectivity index (χ1) is 6.53. The van der Waals surface area contributed by atoms with Crippen molar-refractivity contribution in [1.29, 1.82) is 0 Å². The number of hydrogen-bond acceptors (Lipinski definition) is 1. The van der Waals surface area contributed by atoms with Crippen molar-refractivity contribution in [1.82, 2.24) is 4.90 Å². The minimum absolute atomic E-state index is 0.650. The highest BCUT2D eigenvalue weighted by molar-refractivity contribution is 4.97. The van der Waals surface area contributed by atoms with E-state index in [1.54, 1.807) is 0 Å². The third kappa shape index (κ3) is 1.60. The lowest BCUT2D eigenvalue weighted by atomic mass is 9.72. The van der Waals surface area contributed by atoms with E-state index in [0.29, 0.717) is 5.41 Å².